The molecule has 2 N–H and O–H groups in total. The molecule has 0 fully saturated rings. The third kappa shape index (κ3) is 4.24. The van der Waals surface area contributed by atoms with Gasteiger partial charge in [0.25, 0.3) is 0 Å². The van der Waals surface area contributed by atoms with E-state index in [0.29, 0.717) is 25.1 Å². The van der Waals surface area contributed by atoms with Gasteiger partial charge in [-0.3, -0.25) is 4.79 Å². The van der Waals surface area contributed by atoms with Crippen molar-refractivity contribution in [2.75, 3.05) is 6.54 Å². The zero-order valence-corrected chi connectivity index (χ0v) is 11.9. The number of rotatable bonds is 6. The van der Waals surface area contributed by atoms with Gasteiger partial charge in [-0.2, -0.15) is 4.72 Å². The van der Waals surface area contributed by atoms with Crippen LogP contribution in [0.5, 0.6) is 0 Å². The van der Waals surface area contributed by atoms with E-state index in [4.69, 9.17) is 0 Å². The van der Waals surface area contributed by atoms with Crippen molar-refractivity contribution in [3.63, 3.8) is 0 Å². The molecule has 1 amide bonds. The Morgan fingerprint density at radius 3 is 2.50 bits per heavy atom. The minimum absolute atomic E-state index is 0.427. The first-order valence-electron chi connectivity index (χ1n) is 6.03. The number of carbonyl (C=O) groups excluding carboxylic acids is 1. The molecule has 20 heavy (non-hydrogen) atoms. The van der Waals surface area contributed by atoms with Gasteiger partial charge < -0.3 is 5.32 Å². The van der Waals surface area contributed by atoms with E-state index in [9.17, 15) is 22.0 Å². The highest BCUT2D eigenvalue weighted by molar-refractivity contribution is 7.89. The molecule has 0 aliphatic heterocycles. The Labute approximate surface area is 116 Å². The molecule has 1 aromatic carbocycles. The number of benzene rings is 1. The van der Waals surface area contributed by atoms with Crippen LogP contribution in [0.15, 0.2) is 23.1 Å². The van der Waals surface area contributed by atoms with Gasteiger partial charge in [-0.15, -0.1) is 0 Å². The van der Waals surface area contributed by atoms with E-state index in [-0.39, 0.29) is 0 Å². The highest BCUT2D eigenvalue weighted by Gasteiger charge is 2.22. The molecule has 0 aromatic heterocycles. The second-order valence-corrected chi connectivity index (χ2v) is 5.92. The molecule has 0 spiro atoms. The molecular formula is C12H16F2N2O3S. The van der Waals surface area contributed by atoms with Gasteiger partial charge in [0.1, 0.15) is 0 Å². The highest BCUT2D eigenvalue weighted by atomic mass is 32.2. The van der Waals surface area contributed by atoms with Gasteiger partial charge in [0.05, 0.1) is 10.9 Å². The first kappa shape index (κ1) is 16.5. The van der Waals surface area contributed by atoms with Gasteiger partial charge in [-0.1, -0.05) is 6.92 Å². The average molecular weight is 306 g/mol. The molecule has 0 radical (unpaired) electrons. The quantitative estimate of drug-likeness (QED) is 0.828. The van der Waals surface area contributed by atoms with Crippen LogP contribution in [0, 0.1) is 11.6 Å². The smallest absolute Gasteiger partial charge is 0.241 e. The second-order valence-electron chi connectivity index (χ2n) is 4.21. The molecule has 112 valence electrons. The predicted molar refractivity (Wildman–Crippen MR) is 69.4 cm³/mol. The van der Waals surface area contributed by atoms with Crippen LogP contribution in [0.4, 0.5) is 8.78 Å². The van der Waals surface area contributed by atoms with Crippen molar-refractivity contribution in [2.24, 2.45) is 0 Å². The summed E-state index contributed by atoms with van der Waals surface area (Å²) in [5.41, 5.74) is 0. The van der Waals surface area contributed by atoms with Crippen LogP contribution < -0.4 is 10.0 Å². The lowest BCUT2D eigenvalue weighted by atomic mass is 10.3. The molecule has 0 saturated carbocycles. The van der Waals surface area contributed by atoms with E-state index in [1.54, 1.807) is 0 Å². The van der Waals surface area contributed by atoms with Crippen LogP contribution in [-0.4, -0.2) is 26.9 Å². The van der Waals surface area contributed by atoms with Gasteiger partial charge in [-0.25, -0.2) is 17.2 Å². The van der Waals surface area contributed by atoms with Crippen molar-refractivity contribution in [1.29, 1.82) is 0 Å². The number of halogens is 2. The van der Waals surface area contributed by atoms with Crippen LogP contribution >= 0.6 is 0 Å². The van der Waals surface area contributed by atoms with E-state index in [1.165, 1.54) is 6.92 Å². The number of carbonyl (C=O) groups is 1. The van der Waals surface area contributed by atoms with Crippen LogP contribution in [0.25, 0.3) is 0 Å². The van der Waals surface area contributed by atoms with Crippen molar-refractivity contribution in [1.82, 2.24) is 10.0 Å². The molecule has 5 nitrogen and oxygen atoms in total. The van der Waals surface area contributed by atoms with Crippen molar-refractivity contribution in [3.8, 4) is 0 Å². The minimum Gasteiger partial charge on any atom is -0.355 e. The summed E-state index contributed by atoms with van der Waals surface area (Å²) in [4.78, 5) is 11.1. The second kappa shape index (κ2) is 6.76. The van der Waals surface area contributed by atoms with Crippen LogP contribution in [0.2, 0.25) is 0 Å². The Morgan fingerprint density at radius 2 is 1.95 bits per heavy atom. The number of hydrogen-bond acceptors (Lipinski definition) is 3. The molecule has 1 rings (SSSR count). The van der Waals surface area contributed by atoms with Crippen molar-refractivity contribution >= 4 is 15.9 Å². The van der Waals surface area contributed by atoms with Crippen LogP contribution in [0.3, 0.4) is 0 Å². The van der Waals surface area contributed by atoms with Gasteiger partial charge >= 0.3 is 0 Å². The molecule has 1 aromatic rings. The number of amides is 1. The van der Waals surface area contributed by atoms with Gasteiger partial charge in [0.2, 0.25) is 15.9 Å². The third-order valence-electron chi connectivity index (χ3n) is 2.48. The molecule has 0 aliphatic carbocycles. The maximum atomic E-state index is 13.0. The predicted octanol–water partition coefficient (Wildman–Crippen LogP) is 1.16. The fraction of sp³-hybridized carbons (Fsp3) is 0.417. The van der Waals surface area contributed by atoms with E-state index >= 15 is 0 Å². The standard InChI is InChI=1S/C12H16F2N2O3S/c1-3-6-15-12(17)8(2)16-20(18,19)9-4-5-10(13)11(14)7-9/h4-5,7-8,16H,3,6H2,1-2H3,(H,15,17)/t8-/m0/s1. The SMILES string of the molecule is CCCNC(=O)[C@H](C)NS(=O)(=O)c1ccc(F)c(F)c1. The number of nitrogens with one attached hydrogen (secondary N) is 2. The fourth-order valence-corrected chi connectivity index (χ4v) is 2.61. The first-order valence-corrected chi connectivity index (χ1v) is 7.51. The topological polar surface area (TPSA) is 75.3 Å². The van der Waals surface area contributed by atoms with Crippen molar-refractivity contribution in [3.05, 3.63) is 29.8 Å². The largest absolute Gasteiger partial charge is 0.355 e. The summed E-state index contributed by atoms with van der Waals surface area (Å²) in [6, 6.07) is 1.19. The minimum atomic E-state index is -4.09. The molecule has 1 atom stereocenters. The maximum absolute atomic E-state index is 13.0. The van der Waals surface area contributed by atoms with Crippen molar-refractivity contribution in [2.45, 2.75) is 31.2 Å². The summed E-state index contributed by atoms with van der Waals surface area (Å²) in [6.07, 6.45) is 0.717. The summed E-state index contributed by atoms with van der Waals surface area (Å²) in [6.45, 7) is 3.65. The van der Waals surface area contributed by atoms with Crippen LogP contribution in [-0.2, 0) is 14.8 Å². The van der Waals surface area contributed by atoms with Crippen molar-refractivity contribution < 1.29 is 22.0 Å². The Hall–Kier alpha value is -1.54. The number of hydrogen-bond donors (Lipinski definition) is 2. The van der Waals surface area contributed by atoms with E-state index in [2.05, 4.69) is 10.0 Å². The Bertz CT molecular complexity index is 590. The van der Waals surface area contributed by atoms with E-state index in [1.807, 2.05) is 6.92 Å². The Balaban J connectivity index is 2.84. The summed E-state index contributed by atoms with van der Waals surface area (Å²) in [5, 5.41) is 2.53. The van der Waals surface area contributed by atoms with Gasteiger partial charge in [0.15, 0.2) is 11.6 Å². The lowest BCUT2D eigenvalue weighted by molar-refractivity contribution is -0.122. The lowest BCUT2D eigenvalue weighted by Gasteiger charge is -2.14. The monoisotopic (exact) mass is 306 g/mol. The van der Waals surface area contributed by atoms with Crippen LogP contribution in [0.1, 0.15) is 20.3 Å². The fourth-order valence-electron chi connectivity index (χ4n) is 1.40. The Morgan fingerprint density at radius 1 is 1.30 bits per heavy atom. The molecular weight excluding hydrogens is 290 g/mol. The molecule has 8 heteroatoms. The molecule has 0 aliphatic rings. The maximum Gasteiger partial charge on any atom is 0.241 e. The van der Waals surface area contributed by atoms with E-state index < -0.39 is 38.5 Å². The highest BCUT2D eigenvalue weighted by Crippen LogP contribution is 2.14. The molecule has 0 saturated heterocycles. The molecule has 0 unspecified atom stereocenters. The molecule has 0 bridgehead atoms. The van der Waals surface area contributed by atoms with Gasteiger partial charge in [0, 0.05) is 6.54 Å². The van der Waals surface area contributed by atoms with E-state index in [0.717, 1.165) is 6.07 Å². The first-order chi connectivity index (χ1) is 9.27. The normalized spacial score (nSPS) is 13.0. The zero-order chi connectivity index (χ0) is 15.3. The zero-order valence-electron chi connectivity index (χ0n) is 11.1. The lowest BCUT2D eigenvalue weighted by Crippen LogP contribution is -2.44. The summed E-state index contributed by atoms with van der Waals surface area (Å²) in [5.74, 6) is -2.90. The molecule has 0 heterocycles. The Kier molecular flexibility index (Phi) is 5.58. The summed E-state index contributed by atoms with van der Waals surface area (Å²) in [7, 11) is -4.09. The summed E-state index contributed by atoms with van der Waals surface area (Å²) < 4.78 is 51.7. The van der Waals surface area contributed by atoms with Gasteiger partial charge in [-0.05, 0) is 31.5 Å². The number of sulfonamides is 1. The average Bonchev–Trinajstić information content (AvgIpc) is 2.38. The summed E-state index contributed by atoms with van der Waals surface area (Å²) >= 11 is 0. The third-order valence-corrected chi connectivity index (χ3v) is 4.01.